The summed E-state index contributed by atoms with van der Waals surface area (Å²) >= 11 is 17.0. The van der Waals surface area contributed by atoms with Gasteiger partial charge in [0.1, 0.15) is 5.75 Å². The third kappa shape index (κ3) is 3.80. The molecule has 0 saturated carbocycles. The van der Waals surface area contributed by atoms with Crippen LogP contribution >= 0.6 is 35.4 Å². The van der Waals surface area contributed by atoms with Gasteiger partial charge in [-0.2, -0.15) is 5.10 Å². The van der Waals surface area contributed by atoms with Gasteiger partial charge in [-0.15, -0.1) is 0 Å². The molecular weight excluding hydrogens is 365 g/mol. The molecule has 0 aromatic heterocycles. The number of hydrogen-bond donors (Lipinski definition) is 3. The van der Waals surface area contributed by atoms with Gasteiger partial charge in [-0.1, -0.05) is 47.5 Å². The molecule has 0 spiro atoms. The number of benzene rings is 2. The number of phenols is 1. The summed E-state index contributed by atoms with van der Waals surface area (Å²) in [5.74, 6) is -0.0739. The second-order valence-electron chi connectivity index (χ2n) is 5.46. The summed E-state index contributed by atoms with van der Waals surface area (Å²) in [6.45, 7) is 0. The van der Waals surface area contributed by atoms with E-state index < -0.39 is 0 Å². The van der Waals surface area contributed by atoms with Crippen LogP contribution in [0.2, 0.25) is 10.0 Å². The first-order valence-electron chi connectivity index (χ1n) is 7.40. The number of nitrogens with zero attached hydrogens (tertiary/aromatic N) is 1. The first-order chi connectivity index (χ1) is 11.5. The van der Waals surface area contributed by atoms with Crippen molar-refractivity contribution in [2.24, 2.45) is 5.10 Å². The Hall–Kier alpha value is -1.82. The largest absolute Gasteiger partial charge is 0.506 e. The van der Waals surface area contributed by atoms with Gasteiger partial charge in [0, 0.05) is 10.6 Å². The van der Waals surface area contributed by atoms with Crippen molar-refractivity contribution in [3.8, 4) is 5.75 Å². The summed E-state index contributed by atoms with van der Waals surface area (Å²) in [4.78, 5) is 0. The zero-order valence-corrected chi connectivity index (χ0v) is 14.9. The molecular formula is C17H15Cl2N3OS. The van der Waals surface area contributed by atoms with Gasteiger partial charge in [0.15, 0.2) is 5.11 Å². The van der Waals surface area contributed by atoms with Gasteiger partial charge in [0.2, 0.25) is 0 Å². The molecule has 0 amide bonds. The zero-order valence-electron chi connectivity index (χ0n) is 12.6. The molecule has 0 unspecified atom stereocenters. The molecule has 2 aromatic rings. The van der Waals surface area contributed by atoms with Crippen LogP contribution in [0.4, 0.5) is 0 Å². The maximum atomic E-state index is 9.87. The highest BCUT2D eigenvalue weighted by atomic mass is 35.5. The van der Waals surface area contributed by atoms with Crippen LogP contribution in [0.5, 0.6) is 5.75 Å². The molecule has 24 heavy (non-hydrogen) atoms. The molecule has 0 aliphatic heterocycles. The van der Waals surface area contributed by atoms with E-state index in [1.165, 1.54) is 23.4 Å². The van der Waals surface area contributed by atoms with Crippen molar-refractivity contribution in [2.45, 2.75) is 18.9 Å². The lowest BCUT2D eigenvalue weighted by Crippen LogP contribution is -2.34. The predicted octanol–water partition coefficient (Wildman–Crippen LogP) is 4.18. The summed E-state index contributed by atoms with van der Waals surface area (Å²) < 4.78 is 0. The Morgan fingerprint density at radius 3 is 2.92 bits per heavy atom. The van der Waals surface area contributed by atoms with E-state index in [-0.39, 0.29) is 16.8 Å². The third-order valence-corrected chi connectivity index (χ3v) is 4.58. The average molecular weight is 380 g/mol. The summed E-state index contributed by atoms with van der Waals surface area (Å²) in [6.07, 6.45) is 3.45. The minimum atomic E-state index is -0.0739. The molecule has 1 aliphatic rings. The number of nitrogens with one attached hydrogen (secondary N) is 2. The second kappa shape index (κ2) is 7.38. The van der Waals surface area contributed by atoms with Crippen molar-refractivity contribution >= 4 is 46.7 Å². The predicted molar refractivity (Wildman–Crippen MR) is 102 cm³/mol. The van der Waals surface area contributed by atoms with Crippen molar-refractivity contribution in [2.75, 3.05) is 0 Å². The fourth-order valence-electron chi connectivity index (χ4n) is 2.74. The van der Waals surface area contributed by atoms with Gasteiger partial charge in [0.25, 0.3) is 0 Å². The Kier molecular flexibility index (Phi) is 5.23. The summed E-state index contributed by atoms with van der Waals surface area (Å²) in [5.41, 5.74) is 5.77. The Bertz CT molecular complexity index is 810. The maximum absolute atomic E-state index is 9.87. The number of phenolic OH excluding ortho intramolecular Hbond substituents is 1. The lowest BCUT2D eigenvalue weighted by Gasteiger charge is -2.15. The van der Waals surface area contributed by atoms with E-state index in [0.717, 1.165) is 12.8 Å². The molecule has 1 aliphatic carbocycles. The van der Waals surface area contributed by atoms with Crippen LogP contribution in [0, 0.1) is 0 Å². The van der Waals surface area contributed by atoms with Crippen LogP contribution in [0.3, 0.4) is 0 Å². The Morgan fingerprint density at radius 1 is 1.29 bits per heavy atom. The Labute approximate surface area is 155 Å². The molecule has 0 saturated heterocycles. The highest BCUT2D eigenvalue weighted by Gasteiger charge is 2.22. The van der Waals surface area contributed by atoms with E-state index in [2.05, 4.69) is 28.0 Å². The van der Waals surface area contributed by atoms with Crippen LogP contribution in [-0.2, 0) is 6.42 Å². The van der Waals surface area contributed by atoms with Crippen molar-refractivity contribution in [1.29, 1.82) is 0 Å². The van der Waals surface area contributed by atoms with Crippen LogP contribution in [0.25, 0.3) is 0 Å². The number of hydrogen-bond acceptors (Lipinski definition) is 3. The number of fused-ring (bicyclic) bond motifs is 1. The fraction of sp³-hybridized carbons (Fsp3) is 0.176. The highest BCUT2D eigenvalue weighted by Crippen LogP contribution is 2.31. The SMILES string of the molecule is Oc1c(Cl)cc(Cl)cc1/C=N\NC(=S)N[C@H]1CCc2ccccc21. The summed E-state index contributed by atoms with van der Waals surface area (Å²) in [7, 11) is 0. The summed E-state index contributed by atoms with van der Waals surface area (Å²) in [6, 6.07) is 11.5. The van der Waals surface area contributed by atoms with Gasteiger partial charge in [-0.3, -0.25) is 5.43 Å². The average Bonchev–Trinajstić information content (AvgIpc) is 2.95. The smallest absolute Gasteiger partial charge is 0.187 e. The number of aryl methyl sites for hydroxylation is 1. The van der Waals surface area contributed by atoms with E-state index in [4.69, 9.17) is 35.4 Å². The quantitative estimate of drug-likeness (QED) is 0.425. The minimum absolute atomic E-state index is 0.0739. The van der Waals surface area contributed by atoms with Gasteiger partial charge >= 0.3 is 0 Å². The van der Waals surface area contributed by atoms with E-state index >= 15 is 0 Å². The van der Waals surface area contributed by atoms with Crippen molar-refractivity contribution < 1.29 is 5.11 Å². The fourth-order valence-corrected chi connectivity index (χ4v) is 3.45. The van der Waals surface area contributed by atoms with Crippen molar-refractivity contribution in [3.63, 3.8) is 0 Å². The molecule has 2 aromatic carbocycles. The lowest BCUT2D eigenvalue weighted by atomic mass is 10.1. The maximum Gasteiger partial charge on any atom is 0.187 e. The molecule has 3 rings (SSSR count). The van der Waals surface area contributed by atoms with Gasteiger partial charge < -0.3 is 10.4 Å². The first-order valence-corrected chi connectivity index (χ1v) is 8.56. The second-order valence-corrected chi connectivity index (χ2v) is 6.71. The van der Waals surface area contributed by atoms with Gasteiger partial charge in [-0.05, 0) is 48.3 Å². The Morgan fingerprint density at radius 2 is 2.08 bits per heavy atom. The lowest BCUT2D eigenvalue weighted by molar-refractivity contribution is 0.474. The molecule has 124 valence electrons. The van der Waals surface area contributed by atoms with E-state index in [9.17, 15) is 5.11 Å². The molecule has 4 nitrogen and oxygen atoms in total. The standard InChI is InChI=1S/C17H15Cl2N3OS/c18-12-7-11(16(23)14(19)8-12)9-20-22-17(24)21-15-6-5-10-3-1-2-4-13(10)15/h1-4,7-9,15,23H,5-6H2,(H2,21,22,24)/b20-9-/t15-/m0/s1. The number of thiocarbonyl (C=S) groups is 1. The number of aromatic hydroxyl groups is 1. The molecule has 3 N–H and O–H groups in total. The van der Waals surface area contributed by atoms with E-state index in [1.807, 2.05) is 12.1 Å². The number of halogens is 2. The molecule has 0 fully saturated rings. The number of rotatable bonds is 3. The molecule has 0 bridgehead atoms. The van der Waals surface area contributed by atoms with Crippen molar-refractivity contribution in [3.05, 3.63) is 63.1 Å². The topological polar surface area (TPSA) is 56.7 Å². The molecule has 0 radical (unpaired) electrons. The molecule has 1 atom stereocenters. The van der Waals surface area contributed by atoms with Crippen molar-refractivity contribution in [1.82, 2.24) is 10.7 Å². The molecule has 0 heterocycles. The van der Waals surface area contributed by atoms with E-state index in [0.29, 0.717) is 15.7 Å². The van der Waals surface area contributed by atoms with E-state index in [1.54, 1.807) is 6.07 Å². The Balaban J connectivity index is 1.61. The summed E-state index contributed by atoms with van der Waals surface area (Å²) in [5, 5.41) is 18.2. The van der Waals surface area contributed by atoms with Crippen LogP contribution in [0.15, 0.2) is 41.5 Å². The highest BCUT2D eigenvalue weighted by molar-refractivity contribution is 7.80. The zero-order chi connectivity index (χ0) is 17.1. The first kappa shape index (κ1) is 17.0. The minimum Gasteiger partial charge on any atom is -0.506 e. The molecule has 7 heteroatoms. The van der Waals surface area contributed by atoms with Gasteiger partial charge in [-0.25, -0.2) is 0 Å². The normalized spacial score (nSPS) is 16.2. The van der Waals surface area contributed by atoms with Crippen LogP contribution in [-0.4, -0.2) is 16.4 Å². The monoisotopic (exact) mass is 379 g/mol. The third-order valence-electron chi connectivity index (χ3n) is 3.87. The van der Waals surface area contributed by atoms with Crippen LogP contribution < -0.4 is 10.7 Å². The van der Waals surface area contributed by atoms with Gasteiger partial charge in [0.05, 0.1) is 17.3 Å². The van der Waals surface area contributed by atoms with Crippen LogP contribution in [0.1, 0.15) is 29.2 Å². The number of hydrazone groups is 1.